The molecule has 0 aliphatic heterocycles. The molecule has 3 heteroatoms. The minimum atomic E-state index is -0.532. The fourth-order valence-electron chi connectivity index (χ4n) is 2.67. The van der Waals surface area contributed by atoms with Crippen molar-refractivity contribution in [2.75, 3.05) is 0 Å². The number of hydrogen-bond acceptors (Lipinski definition) is 2. The summed E-state index contributed by atoms with van der Waals surface area (Å²) in [7, 11) is 0. The van der Waals surface area contributed by atoms with Crippen molar-refractivity contribution in [3.8, 4) is 0 Å². The maximum Gasteiger partial charge on any atom is 0.143 e. The van der Waals surface area contributed by atoms with Crippen LogP contribution in [0.4, 0.5) is 4.39 Å². The van der Waals surface area contributed by atoms with Crippen molar-refractivity contribution < 1.29 is 14.0 Å². The Balaban J connectivity index is 2.06. The Morgan fingerprint density at radius 3 is 1.72 bits per heavy atom. The molecule has 0 saturated heterocycles. The van der Waals surface area contributed by atoms with E-state index in [2.05, 4.69) is 0 Å². The molecule has 0 radical (unpaired) electrons. The van der Waals surface area contributed by atoms with E-state index in [9.17, 15) is 14.0 Å². The van der Waals surface area contributed by atoms with Crippen molar-refractivity contribution in [3.05, 3.63) is 71.0 Å². The van der Waals surface area contributed by atoms with Gasteiger partial charge in [0.1, 0.15) is 17.4 Å². The standard InChI is InChI=1S/C22H23FO2/c1-3-21(24)20(22(25)4-2)15-18-9-7-16(8-10-18)5-6-17-11-13-19(23)14-12-17/h5-14,20H,3-4,15H2,1-2H3/b6-5+. The highest BCUT2D eigenvalue weighted by molar-refractivity contribution is 6.02. The van der Waals surface area contributed by atoms with Gasteiger partial charge in [0.05, 0.1) is 5.92 Å². The molecule has 0 unspecified atom stereocenters. The number of rotatable bonds is 8. The lowest BCUT2D eigenvalue weighted by Gasteiger charge is -2.13. The zero-order valence-corrected chi connectivity index (χ0v) is 14.7. The van der Waals surface area contributed by atoms with Crippen molar-refractivity contribution in [2.24, 2.45) is 5.92 Å². The van der Waals surface area contributed by atoms with Gasteiger partial charge < -0.3 is 0 Å². The Morgan fingerprint density at radius 2 is 1.28 bits per heavy atom. The molecule has 0 aromatic heterocycles. The summed E-state index contributed by atoms with van der Waals surface area (Å²) in [5.41, 5.74) is 2.91. The van der Waals surface area contributed by atoms with Gasteiger partial charge in [0.25, 0.3) is 0 Å². The summed E-state index contributed by atoms with van der Waals surface area (Å²) >= 11 is 0. The molecule has 0 fully saturated rings. The van der Waals surface area contributed by atoms with Crippen LogP contribution >= 0.6 is 0 Å². The molecule has 25 heavy (non-hydrogen) atoms. The number of carbonyl (C=O) groups excluding carboxylic acids is 2. The van der Waals surface area contributed by atoms with Crippen molar-refractivity contribution in [1.82, 2.24) is 0 Å². The number of hydrogen-bond donors (Lipinski definition) is 0. The van der Waals surface area contributed by atoms with Gasteiger partial charge in [-0.15, -0.1) is 0 Å². The maximum atomic E-state index is 12.9. The van der Waals surface area contributed by atoms with E-state index in [0.29, 0.717) is 19.3 Å². The predicted molar refractivity (Wildman–Crippen MR) is 99.6 cm³/mol. The first kappa shape index (κ1) is 18.8. The molecule has 0 bridgehead atoms. The first-order valence-electron chi connectivity index (χ1n) is 8.61. The van der Waals surface area contributed by atoms with Crippen LogP contribution in [0.15, 0.2) is 48.5 Å². The second kappa shape index (κ2) is 9.07. The van der Waals surface area contributed by atoms with Crippen LogP contribution in [0.2, 0.25) is 0 Å². The van der Waals surface area contributed by atoms with Crippen molar-refractivity contribution in [1.29, 1.82) is 0 Å². The molecule has 2 nitrogen and oxygen atoms in total. The lowest BCUT2D eigenvalue weighted by Crippen LogP contribution is -2.25. The van der Waals surface area contributed by atoms with Gasteiger partial charge in [0.15, 0.2) is 0 Å². The van der Waals surface area contributed by atoms with E-state index in [-0.39, 0.29) is 17.4 Å². The first-order chi connectivity index (χ1) is 12.0. The molecular weight excluding hydrogens is 315 g/mol. The SMILES string of the molecule is CCC(=O)C(Cc1ccc(/C=C/c2ccc(F)cc2)cc1)C(=O)CC. The fraction of sp³-hybridized carbons (Fsp3) is 0.273. The average molecular weight is 338 g/mol. The van der Waals surface area contributed by atoms with E-state index >= 15 is 0 Å². The van der Waals surface area contributed by atoms with Crippen LogP contribution < -0.4 is 0 Å². The van der Waals surface area contributed by atoms with E-state index in [4.69, 9.17) is 0 Å². The molecular formula is C22H23FO2. The molecule has 0 saturated carbocycles. The molecule has 0 aliphatic rings. The molecule has 0 N–H and O–H groups in total. The maximum absolute atomic E-state index is 12.9. The third-order valence-corrected chi connectivity index (χ3v) is 4.23. The lowest BCUT2D eigenvalue weighted by molar-refractivity contribution is -0.132. The molecule has 0 amide bonds. The van der Waals surface area contributed by atoms with Gasteiger partial charge in [0, 0.05) is 12.8 Å². The summed E-state index contributed by atoms with van der Waals surface area (Å²) in [6.45, 7) is 3.59. The molecule has 2 aromatic carbocycles. The van der Waals surface area contributed by atoms with Crippen molar-refractivity contribution >= 4 is 23.7 Å². The van der Waals surface area contributed by atoms with Crippen molar-refractivity contribution in [2.45, 2.75) is 33.1 Å². The highest BCUT2D eigenvalue weighted by Gasteiger charge is 2.23. The van der Waals surface area contributed by atoms with Crippen LogP contribution in [0, 0.1) is 11.7 Å². The van der Waals surface area contributed by atoms with E-state index in [0.717, 1.165) is 16.7 Å². The summed E-state index contributed by atoms with van der Waals surface area (Å²) in [5.74, 6) is -0.769. The smallest absolute Gasteiger partial charge is 0.143 e. The number of Topliss-reactive ketones (excluding diaryl/α,β-unsaturated/α-hetero) is 2. The lowest BCUT2D eigenvalue weighted by atomic mass is 9.89. The summed E-state index contributed by atoms with van der Waals surface area (Å²) in [6, 6.07) is 14.1. The number of halogens is 1. The monoisotopic (exact) mass is 338 g/mol. The molecule has 130 valence electrons. The van der Waals surface area contributed by atoms with E-state index in [1.807, 2.05) is 36.4 Å². The molecule has 0 aliphatic carbocycles. The normalized spacial score (nSPS) is 11.2. The average Bonchev–Trinajstić information content (AvgIpc) is 2.65. The quantitative estimate of drug-likeness (QED) is 0.495. The van der Waals surface area contributed by atoms with Gasteiger partial charge in [-0.05, 0) is 35.2 Å². The minimum absolute atomic E-state index is 0.00660. The Kier molecular flexibility index (Phi) is 6.81. The molecule has 2 aromatic rings. The third kappa shape index (κ3) is 5.49. The summed E-state index contributed by atoms with van der Waals surface area (Å²) in [6.07, 6.45) is 5.09. The Morgan fingerprint density at radius 1 is 0.840 bits per heavy atom. The van der Waals surface area contributed by atoms with Gasteiger partial charge in [0.2, 0.25) is 0 Å². The molecule has 0 heterocycles. The van der Waals surface area contributed by atoms with Crippen LogP contribution in [0.3, 0.4) is 0 Å². The van der Waals surface area contributed by atoms with Crippen LogP contribution in [0.25, 0.3) is 12.2 Å². The third-order valence-electron chi connectivity index (χ3n) is 4.23. The van der Waals surface area contributed by atoms with Crippen LogP contribution in [-0.2, 0) is 16.0 Å². The largest absolute Gasteiger partial charge is 0.299 e. The summed E-state index contributed by atoms with van der Waals surface area (Å²) in [4.78, 5) is 24.0. The highest BCUT2D eigenvalue weighted by Crippen LogP contribution is 2.16. The fourth-order valence-corrected chi connectivity index (χ4v) is 2.67. The Labute approximate surface area is 148 Å². The second-order valence-corrected chi connectivity index (χ2v) is 6.02. The summed E-state index contributed by atoms with van der Waals surface area (Å²) in [5, 5.41) is 0. The number of benzene rings is 2. The van der Waals surface area contributed by atoms with Gasteiger partial charge in [-0.1, -0.05) is 62.4 Å². The summed E-state index contributed by atoms with van der Waals surface area (Å²) < 4.78 is 12.9. The van der Waals surface area contributed by atoms with Crippen LogP contribution in [0.5, 0.6) is 0 Å². The van der Waals surface area contributed by atoms with Gasteiger partial charge in [-0.2, -0.15) is 0 Å². The zero-order chi connectivity index (χ0) is 18.2. The van der Waals surface area contributed by atoms with E-state index in [1.165, 1.54) is 12.1 Å². The van der Waals surface area contributed by atoms with Crippen molar-refractivity contribution in [3.63, 3.8) is 0 Å². The number of carbonyl (C=O) groups is 2. The molecule has 0 spiro atoms. The molecule has 0 atom stereocenters. The Bertz CT molecular complexity index is 727. The minimum Gasteiger partial charge on any atom is -0.299 e. The van der Waals surface area contributed by atoms with Crippen LogP contribution in [-0.4, -0.2) is 11.6 Å². The zero-order valence-electron chi connectivity index (χ0n) is 14.7. The highest BCUT2D eigenvalue weighted by atomic mass is 19.1. The molecule has 2 rings (SSSR count). The van der Waals surface area contributed by atoms with E-state index < -0.39 is 5.92 Å². The first-order valence-corrected chi connectivity index (χ1v) is 8.61. The van der Waals surface area contributed by atoms with Gasteiger partial charge in [-0.25, -0.2) is 4.39 Å². The number of ketones is 2. The predicted octanol–water partition coefficient (Wildman–Crippen LogP) is 5.11. The Hall–Kier alpha value is -2.55. The second-order valence-electron chi connectivity index (χ2n) is 6.02. The van der Waals surface area contributed by atoms with Gasteiger partial charge >= 0.3 is 0 Å². The van der Waals surface area contributed by atoms with E-state index in [1.54, 1.807) is 26.0 Å². The topological polar surface area (TPSA) is 34.1 Å². The van der Waals surface area contributed by atoms with Crippen LogP contribution in [0.1, 0.15) is 43.4 Å². The van der Waals surface area contributed by atoms with Gasteiger partial charge in [-0.3, -0.25) is 9.59 Å².